The minimum atomic E-state index is -0.136. The van der Waals surface area contributed by atoms with Gasteiger partial charge in [-0.1, -0.05) is 29.7 Å². The number of benzene rings is 1. The van der Waals surface area contributed by atoms with Crippen LogP contribution in [0, 0.1) is 0 Å². The molecule has 0 saturated carbocycles. The average molecular weight is 423 g/mol. The smallest absolute Gasteiger partial charge is 0.257 e. The van der Waals surface area contributed by atoms with Crippen molar-refractivity contribution in [3.05, 3.63) is 46.7 Å². The molecule has 148 valence electrons. The van der Waals surface area contributed by atoms with Gasteiger partial charge >= 0.3 is 0 Å². The van der Waals surface area contributed by atoms with Crippen LogP contribution in [0.25, 0.3) is 17.2 Å². The first kappa shape index (κ1) is 20.3. The van der Waals surface area contributed by atoms with Crippen LogP contribution < -0.4 is 5.32 Å². The van der Waals surface area contributed by atoms with Crippen molar-refractivity contribution in [3.8, 4) is 17.2 Å². The van der Waals surface area contributed by atoms with Crippen molar-refractivity contribution >= 4 is 29.9 Å². The first-order valence-electron chi connectivity index (χ1n) is 8.74. The molecule has 28 heavy (non-hydrogen) atoms. The molecule has 0 bridgehead atoms. The molecule has 4 rings (SSSR count). The maximum atomic E-state index is 12.8. The van der Waals surface area contributed by atoms with Gasteiger partial charge in [0.05, 0.1) is 35.1 Å². The molecular formula is C18H20Cl2N6O2. The van der Waals surface area contributed by atoms with Crippen LogP contribution in [0.2, 0.25) is 5.02 Å². The molecule has 1 amide bonds. The van der Waals surface area contributed by atoms with Crippen LogP contribution in [-0.2, 0) is 13.1 Å². The van der Waals surface area contributed by atoms with E-state index in [4.69, 9.17) is 16.1 Å². The molecular weight excluding hydrogens is 403 g/mol. The molecule has 1 aromatic carbocycles. The maximum Gasteiger partial charge on any atom is 0.257 e. The fourth-order valence-corrected chi connectivity index (χ4v) is 3.38. The van der Waals surface area contributed by atoms with Gasteiger partial charge in [-0.3, -0.25) is 9.36 Å². The quantitative estimate of drug-likeness (QED) is 0.635. The molecule has 1 N–H and O–H groups in total. The minimum absolute atomic E-state index is 0. The van der Waals surface area contributed by atoms with Crippen LogP contribution >= 0.6 is 24.0 Å². The van der Waals surface area contributed by atoms with Crippen molar-refractivity contribution in [1.82, 2.24) is 29.9 Å². The van der Waals surface area contributed by atoms with E-state index in [2.05, 4.69) is 27.4 Å². The molecule has 10 heteroatoms. The molecule has 0 atom stereocenters. The summed E-state index contributed by atoms with van der Waals surface area (Å²) in [6.07, 6.45) is 2.69. The van der Waals surface area contributed by atoms with E-state index in [1.54, 1.807) is 24.3 Å². The highest BCUT2D eigenvalue weighted by atomic mass is 35.5. The molecule has 0 saturated heterocycles. The lowest BCUT2D eigenvalue weighted by molar-refractivity contribution is 0.0788. The van der Waals surface area contributed by atoms with Gasteiger partial charge in [0, 0.05) is 7.05 Å². The summed E-state index contributed by atoms with van der Waals surface area (Å²) >= 11 is 6.30. The Morgan fingerprint density at radius 1 is 1.36 bits per heavy atom. The zero-order valence-corrected chi connectivity index (χ0v) is 17.0. The highest BCUT2D eigenvalue weighted by Gasteiger charge is 2.29. The summed E-state index contributed by atoms with van der Waals surface area (Å²) in [5.74, 6) is 0.771. The molecule has 0 spiro atoms. The van der Waals surface area contributed by atoms with Gasteiger partial charge in [-0.2, -0.15) is 4.98 Å². The number of nitrogens with zero attached hydrogens (tertiary/aromatic N) is 5. The Morgan fingerprint density at radius 2 is 2.18 bits per heavy atom. The fraction of sp³-hybridized carbons (Fsp3) is 0.333. The largest absolute Gasteiger partial charge is 0.337 e. The fourth-order valence-electron chi connectivity index (χ4n) is 3.13. The van der Waals surface area contributed by atoms with Crippen molar-refractivity contribution in [2.75, 3.05) is 13.6 Å². The Labute approximate surface area is 173 Å². The second kappa shape index (κ2) is 8.30. The van der Waals surface area contributed by atoms with E-state index in [-0.39, 0.29) is 18.3 Å². The summed E-state index contributed by atoms with van der Waals surface area (Å²) in [7, 11) is 1.73. The van der Waals surface area contributed by atoms with Crippen LogP contribution in [0.5, 0.6) is 0 Å². The number of rotatable bonds is 5. The van der Waals surface area contributed by atoms with Crippen LogP contribution in [0.3, 0.4) is 0 Å². The first-order chi connectivity index (χ1) is 13.1. The third kappa shape index (κ3) is 3.50. The average Bonchev–Trinajstić information content (AvgIpc) is 3.25. The van der Waals surface area contributed by atoms with Gasteiger partial charge in [0.25, 0.3) is 5.91 Å². The lowest BCUT2D eigenvalue weighted by Gasteiger charge is -2.14. The number of amides is 1. The van der Waals surface area contributed by atoms with Crippen molar-refractivity contribution in [1.29, 1.82) is 0 Å². The molecule has 8 nitrogen and oxygen atoms in total. The van der Waals surface area contributed by atoms with E-state index < -0.39 is 0 Å². The topological polar surface area (TPSA) is 89.1 Å². The van der Waals surface area contributed by atoms with Gasteiger partial charge < -0.3 is 14.7 Å². The lowest BCUT2D eigenvalue weighted by Crippen LogP contribution is -2.25. The van der Waals surface area contributed by atoms with Gasteiger partial charge in [-0.25, -0.2) is 4.98 Å². The normalized spacial score (nSPS) is 13.0. The van der Waals surface area contributed by atoms with Gasteiger partial charge in [0.2, 0.25) is 11.7 Å². The molecule has 0 radical (unpaired) electrons. The van der Waals surface area contributed by atoms with Crippen LogP contribution in [0.1, 0.15) is 35.3 Å². The predicted molar refractivity (Wildman–Crippen MR) is 107 cm³/mol. The zero-order chi connectivity index (χ0) is 19.0. The van der Waals surface area contributed by atoms with Gasteiger partial charge in [-0.05, 0) is 25.1 Å². The van der Waals surface area contributed by atoms with Crippen molar-refractivity contribution in [3.63, 3.8) is 0 Å². The second-order valence-electron chi connectivity index (χ2n) is 6.39. The number of hydrogen-bond donors (Lipinski definition) is 1. The van der Waals surface area contributed by atoms with Crippen molar-refractivity contribution in [2.45, 2.75) is 26.4 Å². The Kier molecular flexibility index (Phi) is 6.02. The Hall–Kier alpha value is -2.42. The minimum Gasteiger partial charge on any atom is -0.337 e. The van der Waals surface area contributed by atoms with E-state index in [1.807, 2.05) is 16.7 Å². The van der Waals surface area contributed by atoms with Crippen LogP contribution in [0.15, 0.2) is 29.0 Å². The van der Waals surface area contributed by atoms with Gasteiger partial charge in [0.15, 0.2) is 0 Å². The maximum absolute atomic E-state index is 12.8. The standard InChI is InChI=1S/C18H19ClN6O2.ClH/c1-3-7-20-8-14-22-17(23-27-14)16-13-9-24(2)18(26)15-11(19)5-4-6-12(15)25(13)10-21-16;/h4-6,10,20H,3,7-9H2,1-2H3;1H. The summed E-state index contributed by atoms with van der Waals surface area (Å²) in [4.78, 5) is 23.3. The van der Waals surface area contributed by atoms with E-state index in [9.17, 15) is 4.79 Å². The summed E-state index contributed by atoms with van der Waals surface area (Å²) < 4.78 is 7.18. The summed E-state index contributed by atoms with van der Waals surface area (Å²) in [5.41, 5.74) is 2.55. The molecule has 1 aliphatic rings. The summed E-state index contributed by atoms with van der Waals surface area (Å²) in [5, 5.41) is 7.70. The van der Waals surface area contributed by atoms with E-state index in [0.717, 1.165) is 18.7 Å². The predicted octanol–water partition coefficient (Wildman–Crippen LogP) is 3.08. The number of aromatic nitrogens is 4. The van der Waals surface area contributed by atoms with Gasteiger partial charge in [0.1, 0.15) is 12.0 Å². The number of imidazole rings is 1. The van der Waals surface area contributed by atoms with Crippen molar-refractivity contribution in [2.24, 2.45) is 0 Å². The number of carbonyl (C=O) groups excluding carboxylic acids is 1. The Balaban J connectivity index is 0.00000225. The second-order valence-corrected chi connectivity index (χ2v) is 6.80. The highest BCUT2D eigenvalue weighted by molar-refractivity contribution is 6.34. The highest BCUT2D eigenvalue weighted by Crippen LogP contribution is 2.32. The molecule has 2 aromatic heterocycles. The molecule has 3 heterocycles. The molecule has 0 aliphatic carbocycles. The number of carbonyl (C=O) groups is 1. The SMILES string of the molecule is CCCNCc1nc(-c2ncn3c2CN(C)C(=O)c2c(Cl)cccc2-3)no1.Cl. The number of nitrogens with one attached hydrogen (secondary N) is 1. The lowest BCUT2D eigenvalue weighted by atomic mass is 10.1. The monoisotopic (exact) mass is 422 g/mol. The van der Waals surface area contributed by atoms with Gasteiger partial charge in [-0.15, -0.1) is 12.4 Å². The van der Waals surface area contributed by atoms with E-state index in [1.165, 1.54) is 0 Å². The molecule has 1 aliphatic heterocycles. The number of halogens is 2. The van der Waals surface area contributed by atoms with Crippen LogP contribution in [-0.4, -0.2) is 44.1 Å². The summed E-state index contributed by atoms with van der Waals surface area (Å²) in [6, 6.07) is 5.38. The van der Waals surface area contributed by atoms with Crippen molar-refractivity contribution < 1.29 is 9.32 Å². The first-order valence-corrected chi connectivity index (χ1v) is 9.12. The van der Waals surface area contributed by atoms with E-state index >= 15 is 0 Å². The third-order valence-corrected chi connectivity index (χ3v) is 4.76. The van der Waals surface area contributed by atoms with Crippen LogP contribution in [0.4, 0.5) is 0 Å². The number of fused-ring (bicyclic) bond motifs is 3. The Morgan fingerprint density at radius 3 is 2.96 bits per heavy atom. The summed E-state index contributed by atoms with van der Waals surface area (Å²) in [6.45, 7) is 3.83. The zero-order valence-electron chi connectivity index (χ0n) is 15.5. The number of hydrogen-bond acceptors (Lipinski definition) is 6. The molecule has 0 unspecified atom stereocenters. The Bertz CT molecular complexity index is 1000. The molecule has 3 aromatic rings. The molecule has 0 fully saturated rings. The van der Waals surface area contributed by atoms with E-state index in [0.29, 0.717) is 46.8 Å². The third-order valence-electron chi connectivity index (χ3n) is 4.45.